The Hall–Kier alpha value is -0.240. The summed E-state index contributed by atoms with van der Waals surface area (Å²) in [5.74, 6) is 0.383. The van der Waals surface area contributed by atoms with Gasteiger partial charge in [-0.1, -0.05) is 36.2 Å². The molecule has 1 heterocycles. The zero-order chi connectivity index (χ0) is 10.8. The van der Waals surface area contributed by atoms with Crippen LogP contribution in [0.3, 0.4) is 0 Å². The SMILES string of the molecule is C[C@H](c1c(Cl)cccc1Cl)C1CCCN1. The molecule has 1 fully saturated rings. The third-order valence-electron chi connectivity index (χ3n) is 3.16. The first-order valence-electron chi connectivity index (χ1n) is 5.37. The van der Waals surface area contributed by atoms with Crippen molar-refractivity contribution >= 4 is 23.2 Å². The maximum Gasteiger partial charge on any atom is 0.0456 e. The van der Waals surface area contributed by atoms with Gasteiger partial charge in [0, 0.05) is 16.1 Å². The fourth-order valence-electron chi connectivity index (χ4n) is 2.29. The lowest BCUT2D eigenvalue weighted by molar-refractivity contribution is 0.518. The van der Waals surface area contributed by atoms with Gasteiger partial charge in [-0.25, -0.2) is 0 Å². The van der Waals surface area contributed by atoms with E-state index >= 15 is 0 Å². The molecule has 82 valence electrons. The van der Waals surface area contributed by atoms with Crippen LogP contribution in [0.5, 0.6) is 0 Å². The Morgan fingerprint density at radius 3 is 2.53 bits per heavy atom. The molecule has 1 N–H and O–H groups in total. The average molecular weight is 244 g/mol. The molecular weight excluding hydrogens is 229 g/mol. The van der Waals surface area contributed by atoms with Gasteiger partial charge in [-0.2, -0.15) is 0 Å². The van der Waals surface area contributed by atoms with Crippen molar-refractivity contribution in [2.45, 2.75) is 31.7 Å². The van der Waals surface area contributed by atoms with E-state index in [-0.39, 0.29) is 0 Å². The van der Waals surface area contributed by atoms with Crippen LogP contribution in [-0.2, 0) is 0 Å². The molecule has 2 atom stereocenters. The van der Waals surface area contributed by atoms with Gasteiger partial charge in [0.15, 0.2) is 0 Å². The van der Waals surface area contributed by atoms with Gasteiger partial charge in [0.05, 0.1) is 0 Å². The van der Waals surface area contributed by atoms with Crippen LogP contribution in [-0.4, -0.2) is 12.6 Å². The monoisotopic (exact) mass is 243 g/mol. The lowest BCUT2D eigenvalue weighted by Gasteiger charge is -2.21. The Morgan fingerprint density at radius 2 is 2.00 bits per heavy atom. The van der Waals surface area contributed by atoms with Crippen molar-refractivity contribution in [3.63, 3.8) is 0 Å². The van der Waals surface area contributed by atoms with Crippen LogP contribution >= 0.6 is 23.2 Å². The molecule has 0 aromatic heterocycles. The van der Waals surface area contributed by atoms with Crippen LogP contribution < -0.4 is 5.32 Å². The van der Waals surface area contributed by atoms with Gasteiger partial charge in [0.1, 0.15) is 0 Å². The van der Waals surface area contributed by atoms with Crippen molar-refractivity contribution in [2.75, 3.05) is 6.54 Å². The van der Waals surface area contributed by atoms with Crippen molar-refractivity contribution in [1.82, 2.24) is 5.32 Å². The van der Waals surface area contributed by atoms with E-state index in [1.165, 1.54) is 12.8 Å². The van der Waals surface area contributed by atoms with Crippen LogP contribution in [0.2, 0.25) is 10.0 Å². The number of halogens is 2. The van der Waals surface area contributed by atoms with Gasteiger partial charge in [0.2, 0.25) is 0 Å². The minimum Gasteiger partial charge on any atom is -0.313 e. The zero-order valence-corrected chi connectivity index (χ0v) is 10.3. The highest BCUT2D eigenvalue weighted by Gasteiger charge is 2.25. The molecule has 1 saturated heterocycles. The van der Waals surface area contributed by atoms with Crippen LogP contribution in [0.15, 0.2) is 18.2 Å². The van der Waals surface area contributed by atoms with Crippen LogP contribution in [0, 0.1) is 0 Å². The van der Waals surface area contributed by atoms with Crippen molar-refractivity contribution < 1.29 is 0 Å². The first-order chi connectivity index (χ1) is 7.20. The number of nitrogens with one attached hydrogen (secondary N) is 1. The lowest BCUT2D eigenvalue weighted by Crippen LogP contribution is -2.27. The molecule has 0 amide bonds. The molecular formula is C12H15Cl2N. The molecule has 1 nitrogen and oxygen atoms in total. The van der Waals surface area contributed by atoms with Crippen LogP contribution in [0.4, 0.5) is 0 Å². The largest absolute Gasteiger partial charge is 0.313 e. The van der Waals surface area contributed by atoms with E-state index < -0.39 is 0 Å². The average Bonchev–Trinajstić information content (AvgIpc) is 2.69. The number of benzene rings is 1. The molecule has 0 spiro atoms. The third-order valence-corrected chi connectivity index (χ3v) is 3.82. The first-order valence-corrected chi connectivity index (χ1v) is 6.13. The maximum atomic E-state index is 6.19. The molecule has 0 radical (unpaired) electrons. The van der Waals surface area contributed by atoms with Crippen molar-refractivity contribution in [1.29, 1.82) is 0 Å². The Morgan fingerprint density at radius 1 is 1.33 bits per heavy atom. The van der Waals surface area contributed by atoms with Gasteiger partial charge < -0.3 is 5.32 Å². The van der Waals surface area contributed by atoms with Crippen LogP contribution in [0.1, 0.15) is 31.2 Å². The summed E-state index contributed by atoms with van der Waals surface area (Å²) in [6, 6.07) is 6.23. The molecule has 3 heteroatoms. The van der Waals surface area contributed by atoms with Gasteiger partial charge in [0.25, 0.3) is 0 Å². The van der Waals surface area contributed by atoms with Gasteiger partial charge in [-0.3, -0.25) is 0 Å². The number of hydrogen-bond donors (Lipinski definition) is 1. The predicted octanol–water partition coefficient (Wildman–Crippen LogP) is 3.85. The molecule has 15 heavy (non-hydrogen) atoms. The third kappa shape index (κ3) is 2.30. The molecule has 2 rings (SSSR count). The Labute approximate surface area is 101 Å². The fourth-order valence-corrected chi connectivity index (χ4v) is 3.03. The normalized spacial score (nSPS) is 23.0. The van der Waals surface area contributed by atoms with Crippen molar-refractivity contribution in [2.24, 2.45) is 0 Å². The maximum absolute atomic E-state index is 6.19. The molecule has 1 unspecified atom stereocenters. The minimum atomic E-state index is 0.383. The van der Waals surface area contributed by atoms with Crippen molar-refractivity contribution in [3.05, 3.63) is 33.8 Å². The Kier molecular flexibility index (Phi) is 3.55. The van der Waals surface area contributed by atoms with E-state index in [1.54, 1.807) is 0 Å². The van der Waals surface area contributed by atoms with E-state index in [4.69, 9.17) is 23.2 Å². The Balaban J connectivity index is 2.27. The summed E-state index contributed by atoms with van der Waals surface area (Å²) in [6.07, 6.45) is 2.46. The highest BCUT2D eigenvalue weighted by molar-refractivity contribution is 6.36. The summed E-state index contributed by atoms with van der Waals surface area (Å²) >= 11 is 12.4. The highest BCUT2D eigenvalue weighted by atomic mass is 35.5. The second-order valence-electron chi connectivity index (χ2n) is 4.13. The quantitative estimate of drug-likeness (QED) is 0.833. The van der Waals surface area contributed by atoms with E-state index in [2.05, 4.69) is 12.2 Å². The highest BCUT2D eigenvalue weighted by Crippen LogP contribution is 2.35. The molecule has 1 aromatic carbocycles. The van der Waals surface area contributed by atoms with E-state index in [1.807, 2.05) is 18.2 Å². The molecule has 0 aliphatic carbocycles. The van der Waals surface area contributed by atoms with E-state index in [9.17, 15) is 0 Å². The first kappa shape index (κ1) is 11.3. The predicted molar refractivity (Wildman–Crippen MR) is 65.9 cm³/mol. The van der Waals surface area contributed by atoms with Gasteiger partial charge >= 0.3 is 0 Å². The molecule has 1 aliphatic heterocycles. The summed E-state index contributed by atoms with van der Waals surface area (Å²) in [6.45, 7) is 3.30. The molecule has 0 bridgehead atoms. The molecule has 1 aromatic rings. The smallest absolute Gasteiger partial charge is 0.0456 e. The fraction of sp³-hybridized carbons (Fsp3) is 0.500. The van der Waals surface area contributed by atoms with E-state index in [0.29, 0.717) is 12.0 Å². The lowest BCUT2D eigenvalue weighted by atomic mass is 9.92. The number of rotatable bonds is 2. The number of hydrogen-bond acceptors (Lipinski definition) is 1. The van der Waals surface area contributed by atoms with Gasteiger partial charge in [-0.05, 0) is 43.0 Å². The second kappa shape index (κ2) is 4.73. The summed E-state index contributed by atoms with van der Waals surface area (Å²) in [4.78, 5) is 0. The minimum absolute atomic E-state index is 0.383. The topological polar surface area (TPSA) is 12.0 Å². The van der Waals surface area contributed by atoms with Crippen LogP contribution in [0.25, 0.3) is 0 Å². The van der Waals surface area contributed by atoms with E-state index in [0.717, 1.165) is 22.2 Å². The summed E-state index contributed by atoms with van der Waals surface area (Å²) in [7, 11) is 0. The van der Waals surface area contributed by atoms with Gasteiger partial charge in [-0.15, -0.1) is 0 Å². The Bertz CT molecular complexity index is 325. The summed E-state index contributed by atoms with van der Waals surface area (Å²) < 4.78 is 0. The zero-order valence-electron chi connectivity index (χ0n) is 8.76. The van der Waals surface area contributed by atoms with Crippen molar-refractivity contribution in [3.8, 4) is 0 Å². The summed E-state index contributed by atoms with van der Waals surface area (Å²) in [5, 5.41) is 5.05. The molecule has 1 aliphatic rings. The summed E-state index contributed by atoms with van der Waals surface area (Å²) in [5.41, 5.74) is 1.08. The second-order valence-corrected chi connectivity index (χ2v) is 4.94. The molecule has 0 saturated carbocycles. The standard InChI is InChI=1S/C12H15Cl2N/c1-8(11-6-3-7-15-11)12-9(13)4-2-5-10(12)14/h2,4-5,8,11,15H,3,6-7H2,1H3/t8-,11?/m0/s1.